The van der Waals surface area contributed by atoms with Crippen LogP contribution in [0.4, 0.5) is 11.4 Å². The molecule has 9 heteroatoms. The van der Waals surface area contributed by atoms with Crippen molar-refractivity contribution in [3.8, 4) is 22.4 Å². The lowest BCUT2D eigenvalue weighted by atomic mass is 9.96. The summed E-state index contributed by atoms with van der Waals surface area (Å²) < 4.78 is 5.47. The number of ether oxygens (including phenoxy) is 1. The molecule has 2 N–H and O–H groups in total. The number of esters is 1. The number of carbonyl (C=O) groups excluding carboxylic acids is 2. The summed E-state index contributed by atoms with van der Waals surface area (Å²) in [4.78, 5) is 40.5. The van der Waals surface area contributed by atoms with Crippen LogP contribution in [0.3, 0.4) is 0 Å². The van der Waals surface area contributed by atoms with E-state index in [9.17, 15) is 9.59 Å². The number of amides is 1. The minimum absolute atomic E-state index is 0.189. The lowest BCUT2D eigenvalue weighted by Gasteiger charge is -2.34. The van der Waals surface area contributed by atoms with Gasteiger partial charge in [0.25, 0.3) is 0 Å². The number of carbonyl (C=O) groups is 2. The molecule has 2 aromatic carbocycles. The van der Waals surface area contributed by atoms with Crippen molar-refractivity contribution in [2.75, 3.05) is 64.1 Å². The van der Waals surface area contributed by atoms with Crippen LogP contribution in [-0.4, -0.2) is 91.6 Å². The van der Waals surface area contributed by atoms with Crippen LogP contribution in [0.2, 0.25) is 0 Å². The van der Waals surface area contributed by atoms with E-state index in [-0.39, 0.29) is 12.0 Å². The van der Waals surface area contributed by atoms with Crippen molar-refractivity contribution in [3.63, 3.8) is 0 Å². The lowest BCUT2D eigenvalue weighted by molar-refractivity contribution is -0.111. The molecule has 0 unspecified atom stereocenters. The highest BCUT2D eigenvalue weighted by molar-refractivity contribution is 6.06. The number of hydrogen-bond donors (Lipinski definition) is 2. The van der Waals surface area contributed by atoms with Gasteiger partial charge in [-0.1, -0.05) is 30.3 Å². The van der Waals surface area contributed by atoms with Crippen LogP contribution in [0, 0.1) is 6.92 Å². The largest absolute Gasteiger partial charge is 0.459 e. The Labute approximate surface area is 259 Å². The average Bonchev–Trinajstić information content (AvgIpc) is 3.37. The van der Waals surface area contributed by atoms with E-state index >= 15 is 0 Å². The third-order valence-corrected chi connectivity index (χ3v) is 7.78. The molecule has 44 heavy (non-hydrogen) atoms. The lowest BCUT2D eigenvalue weighted by Crippen LogP contribution is -2.44. The Morgan fingerprint density at radius 1 is 1.05 bits per heavy atom. The summed E-state index contributed by atoms with van der Waals surface area (Å²) in [5.74, 6) is -0.605. The number of aromatic nitrogens is 2. The van der Waals surface area contributed by atoms with Crippen molar-refractivity contribution in [2.45, 2.75) is 26.9 Å². The predicted octanol–water partition coefficient (Wildman–Crippen LogP) is 5.58. The van der Waals surface area contributed by atoms with Gasteiger partial charge in [-0.15, -0.1) is 0 Å². The van der Waals surface area contributed by atoms with Crippen LogP contribution in [0.25, 0.3) is 33.4 Å². The topological polar surface area (TPSA) is 93.8 Å². The van der Waals surface area contributed by atoms with Gasteiger partial charge >= 0.3 is 5.97 Å². The summed E-state index contributed by atoms with van der Waals surface area (Å²) in [6, 6.07) is 16.4. The fourth-order valence-corrected chi connectivity index (χ4v) is 5.34. The van der Waals surface area contributed by atoms with Crippen molar-refractivity contribution in [1.82, 2.24) is 19.8 Å². The molecular weight excluding hydrogens is 552 g/mol. The zero-order valence-corrected chi connectivity index (χ0v) is 26.5. The zero-order chi connectivity index (χ0) is 31.4. The Morgan fingerprint density at radius 2 is 1.75 bits per heavy atom. The number of anilines is 2. The van der Waals surface area contributed by atoms with Crippen LogP contribution >= 0.6 is 0 Å². The van der Waals surface area contributed by atoms with Crippen LogP contribution in [0.5, 0.6) is 0 Å². The minimum atomic E-state index is -0.416. The maximum absolute atomic E-state index is 12.8. The number of H-pyrrole nitrogens is 1. The highest BCUT2D eigenvalue weighted by Crippen LogP contribution is 2.40. The van der Waals surface area contributed by atoms with E-state index in [0.29, 0.717) is 17.8 Å². The zero-order valence-electron chi connectivity index (χ0n) is 26.5. The van der Waals surface area contributed by atoms with Crippen molar-refractivity contribution in [2.24, 2.45) is 0 Å². The van der Waals surface area contributed by atoms with Gasteiger partial charge in [0.1, 0.15) is 5.65 Å². The fourth-order valence-electron chi connectivity index (χ4n) is 5.34. The van der Waals surface area contributed by atoms with Crippen molar-refractivity contribution in [3.05, 3.63) is 78.0 Å². The first-order chi connectivity index (χ1) is 21.1. The number of nitrogens with zero attached hydrogens (tertiary/aromatic N) is 4. The molecule has 230 valence electrons. The molecule has 4 aromatic rings. The first-order valence-corrected chi connectivity index (χ1v) is 15.1. The molecule has 0 saturated carbocycles. The average molecular weight is 595 g/mol. The Kier molecular flexibility index (Phi) is 9.46. The van der Waals surface area contributed by atoms with Gasteiger partial charge in [-0.3, -0.25) is 4.79 Å². The van der Waals surface area contributed by atoms with Crippen molar-refractivity contribution in [1.29, 1.82) is 0 Å². The predicted molar refractivity (Wildman–Crippen MR) is 178 cm³/mol. The SMILES string of the molecule is Cc1ccc(-c2c(-c3ccc(N4CCN(C)CC4)cc3)[nH]c3ncc(C(=O)OC(C)C)cc23)cc1NC(=O)C=CCN(C)C. The van der Waals surface area contributed by atoms with Crippen molar-refractivity contribution >= 4 is 34.3 Å². The molecule has 5 rings (SSSR count). The maximum Gasteiger partial charge on any atom is 0.339 e. The third-order valence-electron chi connectivity index (χ3n) is 7.78. The van der Waals surface area contributed by atoms with E-state index in [0.717, 1.165) is 65.2 Å². The molecule has 3 heterocycles. The summed E-state index contributed by atoms with van der Waals surface area (Å²) in [6.07, 6.45) is 4.70. The smallest absolute Gasteiger partial charge is 0.339 e. The summed E-state index contributed by atoms with van der Waals surface area (Å²) in [5, 5.41) is 3.84. The van der Waals surface area contributed by atoms with Crippen LogP contribution < -0.4 is 10.2 Å². The maximum atomic E-state index is 12.8. The van der Waals surface area contributed by atoms with E-state index in [1.54, 1.807) is 12.3 Å². The highest BCUT2D eigenvalue weighted by atomic mass is 16.5. The van der Waals surface area contributed by atoms with E-state index in [1.165, 1.54) is 5.69 Å². The van der Waals surface area contributed by atoms with E-state index in [4.69, 9.17) is 4.74 Å². The molecule has 2 aromatic heterocycles. The number of pyridine rings is 1. The highest BCUT2D eigenvalue weighted by Gasteiger charge is 2.21. The fraction of sp³-hybridized carbons (Fsp3) is 0.343. The van der Waals surface area contributed by atoms with Gasteiger partial charge in [-0.2, -0.15) is 0 Å². The van der Waals surface area contributed by atoms with E-state index in [2.05, 4.69) is 56.4 Å². The number of aryl methyl sites for hydroxylation is 1. The van der Waals surface area contributed by atoms with E-state index in [1.807, 2.05) is 70.1 Å². The molecule has 0 spiro atoms. The molecule has 9 nitrogen and oxygen atoms in total. The molecule has 0 aliphatic carbocycles. The molecular formula is C35H42N6O3. The van der Waals surface area contributed by atoms with Crippen molar-refractivity contribution < 1.29 is 14.3 Å². The second kappa shape index (κ2) is 13.4. The number of fused-ring (bicyclic) bond motifs is 1. The first-order valence-electron chi connectivity index (χ1n) is 15.1. The Bertz CT molecular complexity index is 1660. The second-order valence-electron chi connectivity index (χ2n) is 12.0. The summed E-state index contributed by atoms with van der Waals surface area (Å²) in [6.45, 7) is 10.4. The third kappa shape index (κ3) is 7.18. The number of aromatic amines is 1. The molecule has 1 aliphatic rings. The van der Waals surface area contributed by atoms with Gasteiger partial charge in [0.2, 0.25) is 5.91 Å². The second-order valence-corrected chi connectivity index (χ2v) is 12.0. The quantitative estimate of drug-likeness (QED) is 0.193. The number of hydrogen-bond acceptors (Lipinski definition) is 7. The van der Waals surface area contributed by atoms with Gasteiger partial charge in [0.15, 0.2) is 0 Å². The molecule has 1 fully saturated rings. The summed E-state index contributed by atoms with van der Waals surface area (Å²) >= 11 is 0. The van der Waals surface area contributed by atoms with Gasteiger partial charge in [0.05, 0.1) is 17.4 Å². The molecule has 0 bridgehead atoms. The molecule has 0 radical (unpaired) electrons. The molecule has 1 saturated heterocycles. The molecule has 0 atom stereocenters. The van der Waals surface area contributed by atoms with Gasteiger partial charge in [0, 0.05) is 67.3 Å². The Balaban J connectivity index is 1.57. The standard InChI is InChI=1S/C35H42N6O3/c1-23(2)44-35(43)27-20-29-32(26-10-9-24(3)30(21-26)37-31(42)8-7-15-39(4)5)33(38-34(29)36-22-27)25-11-13-28(14-12-25)41-18-16-40(6)17-19-41/h7-14,20-23H,15-19H2,1-6H3,(H,36,38)(H,37,42). The Hall–Kier alpha value is -4.47. The monoisotopic (exact) mass is 594 g/mol. The summed E-state index contributed by atoms with van der Waals surface area (Å²) in [7, 11) is 6.07. The number of benzene rings is 2. The molecule has 1 amide bonds. The number of nitrogens with one attached hydrogen (secondary N) is 2. The normalized spacial score (nSPS) is 14.2. The number of piperazine rings is 1. The van der Waals surface area contributed by atoms with Crippen LogP contribution in [-0.2, 0) is 9.53 Å². The Morgan fingerprint density at radius 3 is 2.43 bits per heavy atom. The van der Waals surface area contributed by atoms with Gasteiger partial charge < -0.3 is 29.7 Å². The number of rotatable bonds is 9. The summed E-state index contributed by atoms with van der Waals surface area (Å²) in [5.41, 5.74) is 7.59. The first kappa shape index (κ1) is 31.0. The van der Waals surface area contributed by atoms with E-state index < -0.39 is 5.97 Å². The van der Waals surface area contributed by atoms with Gasteiger partial charge in [-0.25, -0.2) is 9.78 Å². The number of likely N-dealkylation sites (N-methyl/N-ethyl adjacent to an activating group) is 2. The molecule has 1 aliphatic heterocycles. The van der Waals surface area contributed by atoms with Crippen LogP contribution in [0.1, 0.15) is 29.8 Å². The van der Waals surface area contributed by atoms with Crippen LogP contribution in [0.15, 0.2) is 66.9 Å². The van der Waals surface area contributed by atoms with Gasteiger partial charge in [-0.05, 0) is 82.9 Å². The minimum Gasteiger partial charge on any atom is -0.459 e.